The summed E-state index contributed by atoms with van der Waals surface area (Å²) in [5, 5.41) is 3.11. The molecule has 1 amide bonds. The highest BCUT2D eigenvalue weighted by Gasteiger charge is 2.25. The summed E-state index contributed by atoms with van der Waals surface area (Å²) in [5.74, 6) is -0.0875. The second kappa shape index (κ2) is 10.0. The van der Waals surface area contributed by atoms with Gasteiger partial charge in [0.2, 0.25) is 5.91 Å². The Balaban J connectivity index is 1.25. The lowest BCUT2D eigenvalue weighted by Crippen LogP contribution is -2.42. The molecule has 0 spiro atoms. The summed E-state index contributed by atoms with van der Waals surface area (Å²) in [7, 11) is 0. The Morgan fingerprint density at radius 3 is 2.43 bits per heavy atom. The topological polar surface area (TPSA) is 44.8 Å². The first-order valence-electron chi connectivity index (χ1n) is 10.8. The third kappa shape index (κ3) is 5.58. The fraction of sp³-hybridized carbons (Fsp3) is 0.458. The van der Waals surface area contributed by atoms with Crippen molar-refractivity contribution < 1.29 is 13.9 Å². The highest BCUT2D eigenvalue weighted by molar-refractivity contribution is 5.79. The first kappa shape index (κ1) is 20.8. The average Bonchev–Trinajstić information content (AvgIpc) is 2.80. The summed E-state index contributed by atoms with van der Waals surface area (Å²) in [6, 6.07) is 15.1. The third-order valence-electron chi connectivity index (χ3n) is 5.98. The lowest BCUT2D eigenvalue weighted by atomic mass is 9.96. The molecule has 0 saturated carbocycles. The normalized spacial score (nSPS) is 20.2. The summed E-state index contributed by atoms with van der Waals surface area (Å²) in [5.41, 5.74) is 3.40. The highest BCUT2D eigenvalue weighted by Crippen LogP contribution is 2.20. The molecule has 0 aromatic heterocycles. The molecule has 2 aromatic carbocycles. The summed E-state index contributed by atoms with van der Waals surface area (Å²) in [6.45, 7) is 6.43. The molecule has 2 aliphatic rings. The number of morpholine rings is 1. The molecule has 0 radical (unpaired) electrons. The van der Waals surface area contributed by atoms with Gasteiger partial charge in [0.05, 0.1) is 19.1 Å². The largest absolute Gasteiger partial charge is 0.378 e. The van der Waals surface area contributed by atoms with E-state index in [1.165, 1.54) is 17.8 Å². The van der Waals surface area contributed by atoms with Gasteiger partial charge in [-0.15, -0.1) is 0 Å². The number of ether oxygens (including phenoxy) is 1. The van der Waals surface area contributed by atoms with Crippen molar-refractivity contribution in [2.45, 2.75) is 25.9 Å². The summed E-state index contributed by atoms with van der Waals surface area (Å²) in [4.78, 5) is 17.3. The van der Waals surface area contributed by atoms with E-state index < -0.39 is 0 Å². The molecule has 0 unspecified atom stereocenters. The van der Waals surface area contributed by atoms with E-state index >= 15 is 0 Å². The number of nitrogens with zero attached hydrogens (tertiary/aromatic N) is 2. The zero-order valence-electron chi connectivity index (χ0n) is 17.4. The predicted molar refractivity (Wildman–Crippen MR) is 116 cm³/mol. The lowest BCUT2D eigenvalue weighted by molar-refractivity contribution is -0.126. The molecule has 4 rings (SSSR count). The van der Waals surface area contributed by atoms with Gasteiger partial charge in [0.25, 0.3) is 0 Å². The van der Waals surface area contributed by atoms with Crippen LogP contribution in [0.15, 0.2) is 48.5 Å². The molecule has 160 valence electrons. The molecule has 2 aliphatic heterocycles. The number of carbonyl (C=O) groups excluding carboxylic acids is 1. The van der Waals surface area contributed by atoms with Gasteiger partial charge in [-0.3, -0.25) is 9.69 Å². The molecule has 0 bridgehead atoms. The maximum atomic E-state index is 13.1. The van der Waals surface area contributed by atoms with Crippen LogP contribution in [0.3, 0.4) is 0 Å². The smallest absolute Gasteiger partial charge is 0.224 e. The average molecular weight is 412 g/mol. The van der Waals surface area contributed by atoms with E-state index in [1.54, 1.807) is 0 Å². The molecule has 2 aromatic rings. The van der Waals surface area contributed by atoms with Crippen LogP contribution in [0.1, 0.15) is 24.0 Å². The van der Waals surface area contributed by atoms with E-state index in [-0.39, 0.29) is 17.6 Å². The van der Waals surface area contributed by atoms with E-state index in [9.17, 15) is 9.18 Å². The number of amides is 1. The number of likely N-dealkylation sites (tertiary alicyclic amines) is 1. The third-order valence-corrected chi connectivity index (χ3v) is 5.98. The number of piperidine rings is 1. The van der Waals surface area contributed by atoms with Crippen LogP contribution >= 0.6 is 0 Å². The minimum absolute atomic E-state index is 0.00632. The standard InChI is InChI=1S/C24H30FN3O2/c25-22-7-3-20(4-8-22)17-27-11-1-2-21(18-27)24(29)26-16-19-5-9-23(10-6-19)28-12-14-30-15-13-28/h3-10,21H,1-2,11-18H2,(H,26,29)/t21-/m0/s1. The van der Waals surface area contributed by atoms with Crippen LogP contribution in [-0.2, 0) is 22.6 Å². The molecule has 6 heteroatoms. The molecule has 1 N–H and O–H groups in total. The number of benzene rings is 2. The van der Waals surface area contributed by atoms with Gasteiger partial charge in [-0.1, -0.05) is 24.3 Å². The van der Waals surface area contributed by atoms with E-state index in [1.807, 2.05) is 12.1 Å². The van der Waals surface area contributed by atoms with Crippen LogP contribution in [0, 0.1) is 11.7 Å². The number of rotatable bonds is 6. The first-order valence-corrected chi connectivity index (χ1v) is 10.8. The van der Waals surface area contributed by atoms with Crippen molar-refractivity contribution in [3.63, 3.8) is 0 Å². The van der Waals surface area contributed by atoms with Crippen LogP contribution in [0.5, 0.6) is 0 Å². The van der Waals surface area contributed by atoms with Gasteiger partial charge in [-0.2, -0.15) is 0 Å². The maximum Gasteiger partial charge on any atom is 0.224 e. The van der Waals surface area contributed by atoms with Crippen LogP contribution in [0.4, 0.5) is 10.1 Å². The Morgan fingerprint density at radius 1 is 1.00 bits per heavy atom. The fourth-order valence-corrected chi connectivity index (χ4v) is 4.24. The van der Waals surface area contributed by atoms with Gasteiger partial charge in [0, 0.05) is 38.4 Å². The molecule has 30 heavy (non-hydrogen) atoms. The number of hydrogen-bond donors (Lipinski definition) is 1. The second-order valence-corrected chi connectivity index (χ2v) is 8.18. The number of carbonyl (C=O) groups is 1. The molecule has 5 nitrogen and oxygen atoms in total. The van der Waals surface area contributed by atoms with Crippen LogP contribution in [0.2, 0.25) is 0 Å². The molecular weight excluding hydrogens is 381 g/mol. The zero-order chi connectivity index (χ0) is 20.8. The van der Waals surface area contributed by atoms with Crippen molar-refractivity contribution in [3.8, 4) is 0 Å². The van der Waals surface area contributed by atoms with Gasteiger partial charge in [0.15, 0.2) is 0 Å². The van der Waals surface area contributed by atoms with Crippen LogP contribution in [0.25, 0.3) is 0 Å². The minimum atomic E-state index is -0.215. The van der Waals surface area contributed by atoms with Gasteiger partial charge < -0.3 is 15.0 Å². The van der Waals surface area contributed by atoms with Gasteiger partial charge in [-0.05, 0) is 54.8 Å². The first-order chi connectivity index (χ1) is 14.7. The molecule has 2 heterocycles. The number of nitrogens with one attached hydrogen (secondary N) is 1. The summed E-state index contributed by atoms with van der Waals surface area (Å²) in [6.07, 6.45) is 1.93. The second-order valence-electron chi connectivity index (χ2n) is 8.18. The minimum Gasteiger partial charge on any atom is -0.378 e. The maximum absolute atomic E-state index is 13.1. The molecule has 2 fully saturated rings. The Morgan fingerprint density at radius 2 is 1.70 bits per heavy atom. The number of hydrogen-bond acceptors (Lipinski definition) is 4. The predicted octanol–water partition coefficient (Wildman–Crippen LogP) is 3.19. The highest BCUT2D eigenvalue weighted by atomic mass is 19.1. The zero-order valence-corrected chi connectivity index (χ0v) is 17.4. The summed E-state index contributed by atoms with van der Waals surface area (Å²) >= 11 is 0. The fourth-order valence-electron chi connectivity index (χ4n) is 4.24. The van der Waals surface area contributed by atoms with E-state index in [2.05, 4.69) is 39.4 Å². The number of anilines is 1. The number of halogens is 1. The Labute approximate surface area is 177 Å². The van der Waals surface area contributed by atoms with Crippen LogP contribution in [-0.4, -0.2) is 50.2 Å². The molecule has 2 saturated heterocycles. The van der Waals surface area contributed by atoms with Gasteiger partial charge in [0.1, 0.15) is 5.82 Å². The monoisotopic (exact) mass is 411 g/mol. The van der Waals surface area contributed by atoms with Gasteiger partial charge >= 0.3 is 0 Å². The molecule has 1 atom stereocenters. The van der Waals surface area contributed by atoms with Crippen molar-refractivity contribution >= 4 is 11.6 Å². The SMILES string of the molecule is O=C(NCc1ccc(N2CCOCC2)cc1)[C@H]1CCCN(Cc2ccc(F)cc2)C1. The van der Waals surface area contributed by atoms with E-state index in [0.717, 1.165) is 69.9 Å². The quantitative estimate of drug-likeness (QED) is 0.793. The van der Waals surface area contributed by atoms with Crippen molar-refractivity contribution in [3.05, 3.63) is 65.5 Å². The van der Waals surface area contributed by atoms with Crippen molar-refractivity contribution in [1.82, 2.24) is 10.2 Å². The Kier molecular flexibility index (Phi) is 6.97. The lowest BCUT2D eigenvalue weighted by Gasteiger charge is -2.32. The van der Waals surface area contributed by atoms with Crippen LogP contribution < -0.4 is 10.2 Å². The van der Waals surface area contributed by atoms with Gasteiger partial charge in [-0.25, -0.2) is 4.39 Å². The van der Waals surface area contributed by atoms with Crippen molar-refractivity contribution in [1.29, 1.82) is 0 Å². The summed E-state index contributed by atoms with van der Waals surface area (Å²) < 4.78 is 18.5. The Bertz CT molecular complexity index is 819. The molecular formula is C24H30FN3O2. The Hall–Kier alpha value is -2.44. The van der Waals surface area contributed by atoms with E-state index in [4.69, 9.17) is 4.74 Å². The van der Waals surface area contributed by atoms with E-state index in [0.29, 0.717) is 6.54 Å². The van der Waals surface area contributed by atoms with Crippen molar-refractivity contribution in [2.24, 2.45) is 5.92 Å². The molecule has 0 aliphatic carbocycles. The van der Waals surface area contributed by atoms with Crippen molar-refractivity contribution in [2.75, 3.05) is 44.3 Å².